The van der Waals surface area contributed by atoms with E-state index >= 15 is 0 Å². The van der Waals surface area contributed by atoms with Crippen LogP contribution < -0.4 is 0 Å². The van der Waals surface area contributed by atoms with Crippen LogP contribution in [0, 0.1) is 0 Å². The Bertz CT molecular complexity index is 272. The number of carbonyl (C=O) groups excluding carboxylic acids is 1. The molecule has 7 heteroatoms. The number of nitrogens with zero attached hydrogens (tertiary/aromatic N) is 1. The van der Waals surface area contributed by atoms with Crippen molar-refractivity contribution in [1.29, 1.82) is 0 Å². The fourth-order valence-corrected chi connectivity index (χ4v) is 1.88. The highest BCUT2D eigenvalue weighted by molar-refractivity contribution is 5.73. The van der Waals surface area contributed by atoms with Crippen LogP contribution in [-0.4, -0.2) is 77.5 Å². The summed E-state index contributed by atoms with van der Waals surface area (Å²) >= 11 is 0. The van der Waals surface area contributed by atoms with Crippen molar-refractivity contribution in [3.63, 3.8) is 0 Å². The molecule has 1 unspecified atom stereocenters. The van der Waals surface area contributed by atoms with E-state index in [1.54, 1.807) is 0 Å². The zero-order valence-electron chi connectivity index (χ0n) is 10.1. The Morgan fingerprint density at radius 2 is 2.00 bits per heavy atom. The molecule has 17 heavy (non-hydrogen) atoms. The summed E-state index contributed by atoms with van der Waals surface area (Å²) in [6.07, 6.45) is -4.32. The SMILES string of the molecule is COC1O[C@H](CO)[C@H](O)[C@H](O)[C@H]1N(C)C(C)=O. The highest BCUT2D eigenvalue weighted by Gasteiger charge is 2.46. The molecule has 1 rings (SSSR count). The zero-order chi connectivity index (χ0) is 13.2. The Hall–Kier alpha value is -0.730. The van der Waals surface area contributed by atoms with Gasteiger partial charge >= 0.3 is 0 Å². The molecule has 7 nitrogen and oxygen atoms in total. The molecule has 0 bridgehead atoms. The summed E-state index contributed by atoms with van der Waals surface area (Å²) in [5.41, 5.74) is 0. The summed E-state index contributed by atoms with van der Waals surface area (Å²) in [7, 11) is 2.85. The first-order valence-corrected chi connectivity index (χ1v) is 5.32. The molecule has 1 saturated heterocycles. The van der Waals surface area contributed by atoms with Gasteiger partial charge in [0.05, 0.1) is 6.61 Å². The second kappa shape index (κ2) is 5.74. The highest BCUT2D eigenvalue weighted by Crippen LogP contribution is 2.24. The molecule has 0 spiro atoms. The largest absolute Gasteiger partial charge is 0.394 e. The summed E-state index contributed by atoms with van der Waals surface area (Å²) < 4.78 is 10.3. The predicted molar refractivity (Wildman–Crippen MR) is 57.0 cm³/mol. The molecule has 3 N–H and O–H groups in total. The van der Waals surface area contributed by atoms with E-state index in [2.05, 4.69) is 0 Å². The number of ether oxygens (including phenoxy) is 2. The second-order valence-electron chi connectivity index (χ2n) is 4.06. The number of amides is 1. The normalized spacial score (nSPS) is 37.9. The fraction of sp³-hybridized carbons (Fsp3) is 0.900. The fourth-order valence-electron chi connectivity index (χ4n) is 1.88. The Morgan fingerprint density at radius 3 is 2.41 bits per heavy atom. The van der Waals surface area contributed by atoms with Crippen molar-refractivity contribution in [3.05, 3.63) is 0 Å². The van der Waals surface area contributed by atoms with Crippen molar-refractivity contribution in [3.8, 4) is 0 Å². The van der Waals surface area contributed by atoms with E-state index in [-0.39, 0.29) is 5.91 Å². The molecule has 1 fully saturated rings. The highest BCUT2D eigenvalue weighted by atomic mass is 16.7. The van der Waals surface area contributed by atoms with Crippen molar-refractivity contribution in [2.24, 2.45) is 0 Å². The molecule has 0 aromatic carbocycles. The lowest BCUT2D eigenvalue weighted by molar-refractivity contribution is -0.276. The summed E-state index contributed by atoms with van der Waals surface area (Å²) in [5.74, 6) is -0.283. The molecule has 100 valence electrons. The monoisotopic (exact) mass is 249 g/mol. The van der Waals surface area contributed by atoms with Gasteiger partial charge in [0.15, 0.2) is 6.29 Å². The van der Waals surface area contributed by atoms with E-state index in [1.807, 2.05) is 0 Å². The molecule has 1 heterocycles. The molecule has 0 radical (unpaired) electrons. The number of hydrogen-bond donors (Lipinski definition) is 3. The summed E-state index contributed by atoms with van der Waals surface area (Å²) in [5, 5.41) is 28.7. The van der Waals surface area contributed by atoms with Gasteiger partial charge in [0.2, 0.25) is 5.91 Å². The van der Waals surface area contributed by atoms with E-state index < -0.39 is 37.3 Å². The lowest BCUT2D eigenvalue weighted by atomic mass is 9.96. The molecule has 0 aliphatic carbocycles. The van der Waals surface area contributed by atoms with Crippen LogP contribution in [0.3, 0.4) is 0 Å². The van der Waals surface area contributed by atoms with Crippen LogP contribution in [0.15, 0.2) is 0 Å². The van der Waals surface area contributed by atoms with Crippen LogP contribution in [0.2, 0.25) is 0 Å². The van der Waals surface area contributed by atoms with E-state index in [0.29, 0.717) is 0 Å². The number of aliphatic hydroxyl groups is 3. The maximum absolute atomic E-state index is 11.3. The van der Waals surface area contributed by atoms with Gasteiger partial charge in [-0.1, -0.05) is 0 Å². The third-order valence-corrected chi connectivity index (χ3v) is 3.02. The van der Waals surface area contributed by atoms with Crippen molar-refractivity contribution in [1.82, 2.24) is 4.90 Å². The summed E-state index contributed by atoms with van der Waals surface area (Å²) in [6.45, 7) is 0.901. The van der Waals surface area contributed by atoms with Crippen molar-refractivity contribution < 1.29 is 29.6 Å². The number of carbonyl (C=O) groups is 1. The lowest BCUT2D eigenvalue weighted by Gasteiger charge is -2.44. The van der Waals surface area contributed by atoms with Crippen molar-refractivity contribution in [2.75, 3.05) is 20.8 Å². The Labute approximate surface area is 99.5 Å². The first-order valence-electron chi connectivity index (χ1n) is 5.32. The van der Waals surface area contributed by atoms with Crippen molar-refractivity contribution in [2.45, 2.75) is 37.6 Å². The molecule has 1 aliphatic rings. The average Bonchev–Trinajstić information content (AvgIpc) is 2.31. The second-order valence-corrected chi connectivity index (χ2v) is 4.06. The number of likely N-dealkylation sites (N-methyl/N-ethyl adjacent to an activating group) is 1. The van der Waals surface area contributed by atoms with Crippen LogP contribution in [0.1, 0.15) is 6.92 Å². The van der Waals surface area contributed by atoms with Gasteiger partial charge < -0.3 is 29.7 Å². The van der Waals surface area contributed by atoms with Gasteiger partial charge in [0.1, 0.15) is 24.4 Å². The van der Waals surface area contributed by atoms with Gasteiger partial charge in [-0.2, -0.15) is 0 Å². The quantitative estimate of drug-likeness (QED) is 0.531. The molecule has 0 saturated carbocycles. The van der Waals surface area contributed by atoms with E-state index in [9.17, 15) is 15.0 Å². The third-order valence-electron chi connectivity index (χ3n) is 3.02. The van der Waals surface area contributed by atoms with Crippen LogP contribution >= 0.6 is 0 Å². The number of rotatable bonds is 3. The molecular weight excluding hydrogens is 230 g/mol. The zero-order valence-corrected chi connectivity index (χ0v) is 10.1. The minimum Gasteiger partial charge on any atom is -0.394 e. The topological polar surface area (TPSA) is 99.5 Å². The summed E-state index contributed by atoms with van der Waals surface area (Å²) in [4.78, 5) is 12.5. The minimum absolute atomic E-state index is 0.283. The maximum atomic E-state index is 11.3. The molecular formula is C10H19NO6. The Morgan fingerprint density at radius 1 is 1.41 bits per heavy atom. The molecule has 0 aromatic heterocycles. The van der Waals surface area contributed by atoms with Gasteiger partial charge in [-0.05, 0) is 0 Å². The van der Waals surface area contributed by atoms with E-state index in [4.69, 9.17) is 14.6 Å². The van der Waals surface area contributed by atoms with Gasteiger partial charge in [-0.25, -0.2) is 0 Å². The molecule has 0 aromatic rings. The van der Waals surface area contributed by atoms with Gasteiger partial charge in [0, 0.05) is 21.1 Å². The van der Waals surface area contributed by atoms with Crippen molar-refractivity contribution >= 4 is 5.91 Å². The minimum atomic E-state index is -1.27. The molecule has 1 amide bonds. The van der Waals surface area contributed by atoms with Gasteiger partial charge in [0.25, 0.3) is 0 Å². The Kier molecular flexibility index (Phi) is 4.84. The predicted octanol–water partition coefficient (Wildman–Crippen LogP) is -2.08. The van der Waals surface area contributed by atoms with Gasteiger partial charge in [-0.3, -0.25) is 4.79 Å². The van der Waals surface area contributed by atoms with Gasteiger partial charge in [-0.15, -0.1) is 0 Å². The first-order chi connectivity index (χ1) is 7.93. The molecule has 1 aliphatic heterocycles. The van der Waals surface area contributed by atoms with E-state index in [1.165, 1.54) is 26.0 Å². The van der Waals surface area contributed by atoms with Crippen LogP contribution in [0.4, 0.5) is 0 Å². The third kappa shape index (κ3) is 2.75. The Balaban J connectivity index is 2.90. The van der Waals surface area contributed by atoms with E-state index in [0.717, 1.165) is 0 Å². The smallest absolute Gasteiger partial charge is 0.219 e. The number of hydrogen-bond acceptors (Lipinski definition) is 6. The standard InChI is InChI=1S/C10H19NO6/c1-5(13)11(2)7-9(15)8(14)6(4-12)17-10(7)16-3/h6-10,12,14-15H,4H2,1-3H3/t6-,7-,8+,9-,10?/m1/s1. The molecule has 5 atom stereocenters. The maximum Gasteiger partial charge on any atom is 0.219 e. The lowest BCUT2D eigenvalue weighted by Crippen LogP contribution is -2.64. The van der Waals surface area contributed by atoms with Crippen LogP contribution in [0.25, 0.3) is 0 Å². The average molecular weight is 249 g/mol. The number of methoxy groups -OCH3 is 1. The summed E-state index contributed by atoms with van der Waals surface area (Å²) in [6, 6.07) is -0.810. The van der Waals surface area contributed by atoms with Crippen LogP contribution in [-0.2, 0) is 14.3 Å². The first kappa shape index (κ1) is 14.3. The van der Waals surface area contributed by atoms with Crippen LogP contribution in [0.5, 0.6) is 0 Å². The number of aliphatic hydroxyl groups excluding tert-OH is 3.